The molecule has 2 saturated heterocycles. The topological polar surface area (TPSA) is 135 Å². The molecule has 0 saturated carbocycles. The minimum atomic E-state index is -0.792. The number of piperidine rings is 1. The minimum absolute atomic E-state index is 0.0475. The number of anilines is 5. The second kappa shape index (κ2) is 13.0. The molecule has 1 aromatic carbocycles. The van der Waals surface area contributed by atoms with Crippen LogP contribution in [-0.4, -0.2) is 70.4 Å². The molecule has 246 valence electrons. The standard InChI is InChI=1S/C33H36F2N8O4/c1-19-29(28-23(35)13-21(34)14-25(28)40-30(19)43-8-6-5-7-27(43)44)39-24-15-26(42-9-11-46-12-10-42)36-18-22(24)20-16-37-31(38-17-20)41-32(45)47-33(2,3)4/h13-18H,5-12H2,1-4H3,(H,36,39,40)(H,37,38,41,45). The molecule has 2 aliphatic rings. The van der Waals surface area contributed by atoms with Crippen LogP contribution < -0.4 is 20.4 Å². The number of ether oxygens (including phenoxy) is 2. The van der Waals surface area contributed by atoms with Gasteiger partial charge >= 0.3 is 6.09 Å². The lowest BCUT2D eigenvalue weighted by Gasteiger charge is -2.30. The lowest BCUT2D eigenvalue weighted by molar-refractivity contribution is -0.119. The monoisotopic (exact) mass is 646 g/mol. The SMILES string of the molecule is Cc1c(N2CCCCC2=O)nc2cc(F)cc(F)c2c1Nc1cc(N2CCOCC2)ncc1-c1cnc(NC(=O)OC(C)(C)C)nc1. The fraction of sp³-hybridized carbons (Fsp3) is 0.394. The molecule has 4 aromatic rings. The zero-order chi connectivity index (χ0) is 33.3. The first-order chi connectivity index (χ1) is 22.5. The summed E-state index contributed by atoms with van der Waals surface area (Å²) in [6.45, 7) is 9.83. The molecule has 5 heterocycles. The molecule has 0 unspecified atom stereocenters. The average molecular weight is 647 g/mol. The summed E-state index contributed by atoms with van der Waals surface area (Å²) in [5.74, 6) is -0.599. The number of pyridine rings is 2. The van der Waals surface area contributed by atoms with Gasteiger partial charge in [-0.3, -0.25) is 15.0 Å². The van der Waals surface area contributed by atoms with Crippen LogP contribution in [0.4, 0.5) is 42.5 Å². The summed E-state index contributed by atoms with van der Waals surface area (Å²) in [5.41, 5.74) is 1.92. The number of aromatic nitrogens is 4. The second-order valence-corrected chi connectivity index (χ2v) is 12.5. The van der Waals surface area contributed by atoms with Crippen molar-refractivity contribution in [3.05, 3.63) is 54.0 Å². The first-order valence-corrected chi connectivity index (χ1v) is 15.5. The van der Waals surface area contributed by atoms with Gasteiger partial charge in [0, 0.05) is 79.5 Å². The van der Waals surface area contributed by atoms with E-state index in [1.54, 1.807) is 38.8 Å². The van der Waals surface area contributed by atoms with Crippen molar-refractivity contribution in [2.75, 3.05) is 53.3 Å². The number of rotatable bonds is 6. The lowest BCUT2D eigenvalue weighted by Crippen LogP contribution is -2.36. The van der Waals surface area contributed by atoms with Crippen molar-refractivity contribution in [2.24, 2.45) is 0 Å². The van der Waals surface area contributed by atoms with E-state index in [-0.39, 0.29) is 22.8 Å². The first-order valence-electron chi connectivity index (χ1n) is 15.5. The van der Waals surface area contributed by atoms with Crippen molar-refractivity contribution >= 4 is 51.9 Å². The van der Waals surface area contributed by atoms with Gasteiger partial charge in [-0.15, -0.1) is 0 Å². The number of halogens is 2. The highest BCUT2D eigenvalue weighted by atomic mass is 19.1. The number of amides is 2. The molecule has 2 N–H and O–H groups in total. The summed E-state index contributed by atoms with van der Waals surface area (Å²) in [5, 5.41) is 6.01. The van der Waals surface area contributed by atoms with Crippen LogP contribution >= 0.6 is 0 Å². The number of nitrogens with one attached hydrogen (secondary N) is 2. The maximum absolute atomic E-state index is 15.6. The smallest absolute Gasteiger partial charge is 0.414 e. The van der Waals surface area contributed by atoms with Crippen LogP contribution in [0.15, 0.2) is 36.8 Å². The molecule has 2 fully saturated rings. The van der Waals surface area contributed by atoms with Crippen molar-refractivity contribution in [2.45, 2.75) is 52.6 Å². The molecule has 0 atom stereocenters. The van der Waals surface area contributed by atoms with Crippen LogP contribution in [0.25, 0.3) is 22.0 Å². The van der Waals surface area contributed by atoms with Gasteiger partial charge < -0.3 is 19.7 Å². The van der Waals surface area contributed by atoms with E-state index in [0.717, 1.165) is 25.0 Å². The van der Waals surface area contributed by atoms with Crippen LogP contribution in [0.3, 0.4) is 0 Å². The number of carbonyl (C=O) groups is 2. The van der Waals surface area contributed by atoms with Gasteiger partial charge in [-0.1, -0.05) is 0 Å². The molecule has 6 rings (SSSR count). The largest absolute Gasteiger partial charge is 0.444 e. The summed E-state index contributed by atoms with van der Waals surface area (Å²) < 4.78 is 40.9. The number of hydrogen-bond donors (Lipinski definition) is 2. The zero-order valence-corrected chi connectivity index (χ0v) is 26.7. The Morgan fingerprint density at radius 2 is 1.74 bits per heavy atom. The van der Waals surface area contributed by atoms with Gasteiger partial charge in [0.2, 0.25) is 11.9 Å². The quantitative estimate of drug-likeness (QED) is 0.252. The third kappa shape index (κ3) is 7.07. The van der Waals surface area contributed by atoms with Crippen molar-refractivity contribution in [1.29, 1.82) is 0 Å². The fourth-order valence-electron chi connectivity index (χ4n) is 5.65. The molecular weight excluding hydrogens is 610 g/mol. The number of hydrogen-bond acceptors (Lipinski definition) is 10. The Hall–Kier alpha value is -4.98. The fourth-order valence-corrected chi connectivity index (χ4v) is 5.65. The number of carbonyl (C=O) groups excluding carboxylic acids is 2. The van der Waals surface area contributed by atoms with Gasteiger partial charge in [-0.05, 0) is 40.5 Å². The van der Waals surface area contributed by atoms with Crippen LogP contribution in [0.1, 0.15) is 45.6 Å². The van der Waals surface area contributed by atoms with Gasteiger partial charge in [0.05, 0.1) is 35.5 Å². The molecule has 12 nitrogen and oxygen atoms in total. The van der Waals surface area contributed by atoms with Crippen LogP contribution in [0, 0.1) is 18.6 Å². The average Bonchev–Trinajstić information content (AvgIpc) is 3.02. The molecular formula is C33H36F2N8O4. The van der Waals surface area contributed by atoms with Gasteiger partial charge in [-0.2, -0.15) is 0 Å². The van der Waals surface area contributed by atoms with E-state index in [9.17, 15) is 14.0 Å². The van der Waals surface area contributed by atoms with E-state index in [2.05, 4.69) is 30.5 Å². The molecule has 0 radical (unpaired) electrons. The van der Waals surface area contributed by atoms with E-state index in [4.69, 9.17) is 14.5 Å². The lowest BCUT2D eigenvalue weighted by atomic mass is 10.0. The summed E-state index contributed by atoms with van der Waals surface area (Å²) in [6.07, 6.45) is 5.97. The third-order valence-corrected chi connectivity index (χ3v) is 7.86. The molecule has 0 spiro atoms. The number of nitrogens with zero attached hydrogens (tertiary/aromatic N) is 6. The first kappa shape index (κ1) is 32.0. The highest BCUT2D eigenvalue weighted by Gasteiger charge is 2.27. The van der Waals surface area contributed by atoms with Crippen LogP contribution in [0.5, 0.6) is 0 Å². The summed E-state index contributed by atoms with van der Waals surface area (Å²) in [4.78, 5) is 46.8. The molecule has 47 heavy (non-hydrogen) atoms. The van der Waals surface area contributed by atoms with E-state index in [1.807, 2.05) is 6.07 Å². The van der Waals surface area contributed by atoms with Crippen LogP contribution in [-0.2, 0) is 14.3 Å². The second-order valence-electron chi connectivity index (χ2n) is 12.5. The van der Waals surface area contributed by atoms with E-state index in [1.165, 1.54) is 12.4 Å². The van der Waals surface area contributed by atoms with Gasteiger partial charge in [0.1, 0.15) is 28.9 Å². The highest BCUT2D eigenvalue weighted by molar-refractivity contribution is 6.02. The predicted octanol–water partition coefficient (Wildman–Crippen LogP) is 6.12. The molecule has 2 amide bonds. The Bertz CT molecular complexity index is 1820. The molecule has 2 aliphatic heterocycles. The zero-order valence-electron chi connectivity index (χ0n) is 26.7. The van der Waals surface area contributed by atoms with E-state index >= 15 is 4.39 Å². The Morgan fingerprint density at radius 3 is 2.45 bits per heavy atom. The Labute approximate surface area is 270 Å². The predicted molar refractivity (Wildman–Crippen MR) is 174 cm³/mol. The highest BCUT2D eigenvalue weighted by Crippen LogP contribution is 2.40. The molecule has 14 heteroatoms. The summed E-state index contributed by atoms with van der Waals surface area (Å²) in [6, 6.07) is 3.82. The Kier molecular flexibility index (Phi) is 8.86. The normalized spacial score (nSPS) is 15.6. The third-order valence-electron chi connectivity index (χ3n) is 7.86. The summed E-state index contributed by atoms with van der Waals surface area (Å²) >= 11 is 0. The number of morpholine rings is 1. The van der Waals surface area contributed by atoms with E-state index < -0.39 is 23.3 Å². The van der Waals surface area contributed by atoms with Gasteiger partial charge in [0.25, 0.3) is 0 Å². The maximum atomic E-state index is 15.6. The van der Waals surface area contributed by atoms with Crippen molar-refractivity contribution < 1.29 is 27.8 Å². The number of benzene rings is 1. The van der Waals surface area contributed by atoms with E-state index in [0.29, 0.717) is 79.0 Å². The summed E-state index contributed by atoms with van der Waals surface area (Å²) in [7, 11) is 0. The van der Waals surface area contributed by atoms with Crippen molar-refractivity contribution in [1.82, 2.24) is 19.9 Å². The van der Waals surface area contributed by atoms with Gasteiger partial charge in [0.15, 0.2) is 0 Å². The number of fused-ring (bicyclic) bond motifs is 1. The molecule has 0 bridgehead atoms. The van der Waals surface area contributed by atoms with Crippen molar-refractivity contribution in [3.8, 4) is 11.1 Å². The minimum Gasteiger partial charge on any atom is -0.444 e. The Balaban J connectivity index is 1.45. The Morgan fingerprint density at radius 1 is 1.00 bits per heavy atom. The molecule has 0 aliphatic carbocycles. The van der Waals surface area contributed by atoms with Crippen molar-refractivity contribution in [3.63, 3.8) is 0 Å². The van der Waals surface area contributed by atoms with Gasteiger partial charge in [-0.25, -0.2) is 33.5 Å². The maximum Gasteiger partial charge on any atom is 0.414 e. The molecule has 3 aromatic heterocycles. The van der Waals surface area contributed by atoms with Crippen LogP contribution in [0.2, 0.25) is 0 Å².